The first-order valence-corrected chi connectivity index (χ1v) is 8.83. The van der Waals surface area contributed by atoms with Crippen LogP contribution >= 0.6 is 0 Å². The molecule has 1 aliphatic rings. The van der Waals surface area contributed by atoms with Gasteiger partial charge in [-0.05, 0) is 31.9 Å². The predicted molar refractivity (Wildman–Crippen MR) is 98.3 cm³/mol. The molecule has 10 heteroatoms. The summed E-state index contributed by atoms with van der Waals surface area (Å²) in [6, 6.07) is 5.44. The van der Waals surface area contributed by atoms with Crippen LogP contribution in [-0.4, -0.2) is 59.0 Å². The maximum atomic E-state index is 12.5. The van der Waals surface area contributed by atoms with Gasteiger partial charge in [0, 0.05) is 31.1 Å². The molecule has 0 saturated carbocycles. The van der Waals surface area contributed by atoms with Gasteiger partial charge >= 0.3 is 5.97 Å². The zero-order valence-electron chi connectivity index (χ0n) is 15.8. The SMILES string of the molecule is CC(=O)OOC1CCN(C(=O)C(C)NC(=O)c2ccc(/C(N)=N\O)cc2)CC1. The third kappa shape index (κ3) is 5.68. The highest BCUT2D eigenvalue weighted by Crippen LogP contribution is 2.15. The van der Waals surface area contributed by atoms with E-state index in [1.807, 2.05) is 0 Å². The third-order valence-electron chi connectivity index (χ3n) is 4.32. The first kappa shape index (κ1) is 21.2. The maximum absolute atomic E-state index is 12.5. The lowest BCUT2D eigenvalue weighted by Gasteiger charge is -2.32. The van der Waals surface area contributed by atoms with E-state index in [0.717, 1.165) is 0 Å². The average molecular weight is 392 g/mol. The fourth-order valence-corrected chi connectivity index (χ4v) is 2.77. The standard InChI is InChI=1S/C18H24N4O6/c1-11(18(25)22-9-7-15(8-10-22)28-27-12(2)23)20-17(24)14-5-3-13(4-6-14)16(19)21-26/h3-6,11,15,26H,7-10H2,1-2H3,(H2,19,21)(H,20,24). The Balaban J connectivity index is 1.85. The number of likely N-dealkylation sites (tertiary alicyclic amines) is 1. The number of carbonyl (C=O) groups excluding carboxylic acids is 3. The van der Waals surface area contributed by atoms with Crippen LogP contribution in [-0.2, 0) is 19.4 Å². The van der Waals surface area contributed by atoms with E-state index in [-0.39, 0.29) is 17.8 Å². The highest BCUT2D eigenvalue weighted by molar-refractivity contribution is 6.00. The van der Waals surface area contributed by atoms with Gasteiger partial charge in [-0.25, -0.2) is 4.79 Å². The summed E-state index contributed by atoms with van der Waals surface area (Å²) in [7, 11) is 0. The van der Waals surface area contributed by atoms with Gasteiger partial charge in [-0.2, -0.15) is 4.89 Å². The van der Waals surface area contributed by atoms with E-state index in [1.54, 1.807) is 24.0 Å². The average Bonchev–Trinajstić information content (AvgIpc) is 2.71. The van der Waals surface area contributed by atoms with Gasteiger partial charge in [-0.3, -0.25) is 14.5 Å². The third-order valence-corrected chi connectivity index (χ3v) is 4.32. The summed E-state index contributed by atoms with van der Waals surface area (Å²) < 4.78 is 0. The smallest absolute Gasteiger partial charge is 0.339 e. The summed E-state index contributed by atoms with van der Waals surface area (Å²) in [6.45, 7) is 3.76. The lowest BCUT2D eigenvalue weighted by molar-refractivity contribution is -0.301. The lowest BCUT2D eigenvalue weighted by atomic mass is 10.1. The molecule has 0 bridgehead atoms. The Morgan fingerprint density at radius 2 is 1.79 bits per heavy atom. The van der Waals surface area contributed by atoms with Crippen molar-refractivity contribution in [2.24, 2.45) is 10.9 Å². The Labute approximate surface area is 162 Å². The number of benzene rings is 1. The molecule has 1 aromatic rings. The minimum atomic E-state index is -0.706. The van der Waals surface area contributed by atoms with E-state index in [0.29, 0.717) is 37.1 Å². The molecule has 1 fully saturated rings. The van der Waals surface area contributed by atoms with E-state index in [4.69, 9.17) is 15.8 Å². The Morgan fingerprint density at radius 1 is 1.21 bits per heavy atom. The van der Waals surface area contributed by atoms with E-state index < -0.39 is 17.9 Å². The van der Waals surface area contributed by atoms with Crippen LogP contribution in [0.2, 0.25) is 0 Å². The Bertz CT molecular complexity index is 741. The first-order valence-electron chi connectivity index (χ1n) is 8.83. The number of amidine groups is 1. The largest absolute Gasteiger partial charge is 0.409 e. The van der Waals surface area contributed by atoms with Crippen LogP contribution < -0.4 is 11.1 Å². The van der Waals surface area contributed by atoms with Gasteiger partial charge in [-0.15, -0.1) is 0 Å². The van der Waals surface area contributed by atoms with Crippen molar-refractivity contribution in [3.8, 4) is 0 Å². The number of oxime groups is 1. The number of hydrogen-bond acceptors (Lipinski definition) is 7. The number of carbonyl (C=O) groups is 3. The molecule has 1 heterocycles. The highest BCUT2D eigenvalue weighted by Gasteiger charge is 2.28. The second-order valence-corrected chi connectivity index (χ2v) is 6.45. The minimum absolute atomic E-state index is 0.0587. The highest BCUT2D eigenvalue weighted by atomic mass is 17.2. The van der Waals surface area contributed by atoms with E-state index in [1.165, 1.54) is 19.1 Å². The van der Waals surface area contributed by atoms with Crippen LogP contribution in [0.1, 0.15) is 42.6 Å². The fourth-order valence-electron chi connectivity index (χ4n) is 2.77. The molecule has 10 nitrogen and oxygen atoms in total. The minimum Gasteiger partial charge on any atom is -0.409 e. The lowest BCUT2D eigenvalue weighted by Crippen LogP contribution is -2.50. The number of hydrogen-bond donors (Lipinski definition) is 3. The van der Waals surface area contributed by atoms with Crippen molar-refractivity contribution >= 4 is 23.6 Å². The number of piperidine rings is 1. The van der Waals surface area contributed by atoms with E-state index >= 15 is 0 Å². The molecular formula is C18H24N4O6. The van der Waals surface area contributed by atoms with Gasteiger partial charge in [0.05, 0.1) is 0 Å². The van der Waals surface area contributed by atoms with Crippen LogP contribution in [0.25, 0.3) is 0 Å². The van der Waals surface area contributed by atoms with Gasteiger partial charge in [-0.1, -0.05) is 17.3 Å². The van der Waals surface area contributed by atoms with Crippen molar-refractivity contribution in [2.75, 3.05) is 13.1 Å². The number of rotatable bonds is 6. The van der Waals surface area contributed by atoms with Crippen LogP contribution in [0.4, 0.5) is 0 Å². The van der Waals surface area contributed by atoms with Crippen LogP contribution in [0, 0.1) is 0 Å². The zero-order valence-corrected chi connectivity index (χ0v) is 15.8. The van der Waals surface area contributed by atoms with Crippen molar-refractivity contribution in [3.63, 3.8) is 0 Å². The van der Waals surface area contributed by atoms with Crippen LogP contribution in [0.15, 0.2) is 29.4 Å². The quantitative estimate of drug-likeness (QED) is 0.209. The molecule has 1 atom stereocenters. The van der Waals surface area contributed by atoms with Gasteiger partial charge in [0.2, 0.25) is 5.91 Å². The molecule has 0 aromatic heterocycles. The second-order valence-electron chi connectivity index (χ2n) is 6.45. The fraction of sp³-hybridized carbons (Fsp3) is 0.444. The van der Waals surface area contributed by atoms with E-state index in [9.17, 15) is 14.4 Å². The molecule has 0 radical (unpaired) electrons. The Kier molecular flexibility index (Phi) is 7.33. The molecule has 28 heavy (non-hydrogen) atoms. The summed E-state index contributed by atoms with van der Waals surface area (Å²) in [5.74, 6) is -1.18. The van der Waals surface area contributed by atoms with Crippen molar-refractivity contribution in [1.29, 1.82) is 0 Å². The molecule has 152 valence electrons. The molecule has 1 unspecified atom stereocenters. The zero-order chi connectivity index (χ0) is 20.7. The van der Waals surface area contributed by atoms with Gasteiger partial charge in [0.1, 0.15) is 12.1 Å². The van der Waals surface area contributed by atoms with Crippen LogP contribution in [0.5, 0.6) is 0 Å². The van der Waals surface area contributed by atoms with E-state index in [2.05, 4.69) is 15.4 Å². The molecule has 1 aliphatic heterocycles. The monoisotopic (exact) mass is 392 g/mol. The van der Waals surface area contributed by atoms with Crippen LogP contribution in [0.3, 0.4) is 0 Å². The Morgan fingerprint density at radius 3 is 2.32 bits per heavy atom. The van der Waals surface area contributed by atoms with Crippen molar-refractivity contribution in [2.45, 2.75) is 38.8 Å². The molecule has 4 N–H and O–H groups in total. The van der Waals surface area contributed by atoms with Crippen molar-refractivity contribution < 1.29 is 29.4 Å². The second kappa shape index (κ2) is 9.70. The van der Waals surface area contributed by atoms with Gasteiger partial charge in [0.15, 0.2) is 5.84 Å². The maximum Gasteiger partial charge on any atom is 0.339 e. The number of nitrogens with two attached hydrogens (primary N) is 1. The normalized spacial score (nSPS) is 16.4. The Hall–Kier alpha value is -3.14. The predicted octanol–water partition coefficient (Wildman–Crippen LogP) is 0.385. The van der Waals surface area contributed by atoms with Crippen molar-refractivity contribution in [1.82, 2.24) is 10.2 Å². The molecule has 0 spiro atoms. The summed E-state index contributed by atoms with van der Waals surface area (Å²) in [5.41, 5.74) is 6.31. The molecule has 2 rings (SSSR count). The molecule has 1 saturated heterocycles. The molecule has 1 aromatic carbocycles. The summed E-state index contributed by atoms with van der Waals surface area (Å²) in [5, 5.41) is 14.2. The topological polar surface area (TPSA) is 144 Å². The summed E-state index contributed by atoms with van der Waals surface area (Å²) in [4.78, 5) is 46.8. The van der Waals surface area contributed by atoms with Gasteiger partial charge < -0.3 is 21.2 Å². The van der Waals surface area contributed by atoms with Gasteiger partial charge in [0.25, 0.3) is 5.91 Å². The van der Waals surface area contributed by atoms with Crippen molar-refractivity contribution in [3.05, 3.63) is 35.4 Å². The number of amides is 2. The molecular weight excluding hydrogens is 368 g/mol. The number of nitrogens with one attached hydrogen (secondary N) is 1. The molecule has 0 aliphatic carbocycles. The summed E-state index contributed by atoms with van der Waals surface area (Å²) in [6.07, 6.45) is 0.829. The molecule has 2 amide bonds. The summed E-state index contributed by atoms with van der Waals surface area (Å²) >= 11 is 0. The first-order chi connectivity index (χ1) is 13.3. The number of nitrogens with zero attached hydrogens (tertiary/aromatic N) is 2.